The molecule has 1 aromatic carbocycles. The zero-order valence-corrected chi connectivity index (χ0v) is 10.5. The van der Waals surface area contributed by atoms with Gasteiger partial charge < -0.3 is 20.2 Å². The number of H-pyrrole nitrogens is 1. The number of aryl methyl sites for hydroxylation is 1. The third kappa shape index (κ3) is 1.96. The topological polar surface area (TPSA) is 60.3 Å². The molecule has 0 saturated carbocycles. The average Bonchev–Trinajstić information content (AvgIpc) is 2.65. The second-order valence-electron chi connectivity index (χ2n) is 4.02. The van der Waals surface area contributed by atoms with Gasteiger partial charge in [-0.25, -0.2) is 0 Å². The first-order valence-corrected chi connectivity index (χ1v) is 5.64. The first-order chi connectivity index (χ1) is 8.21. The Morgan fingerprint density at radius 1 is 1.24 bits per heavy atom. The number of methoxy groups -OCH3 is 2. The molecule has 0 fully saturated rings. The van der Waals surface area contributed by atoms with Crippen molar-refractivity contribution in [2.75, 3.05) is 20.8 Å². The van der Waals surface area contributed by atoms with Crippen LogP contribution in [0.3, 0.4) is 0 Å². The summed E-state index contributed by atoms with van der Waals surface area (Å²) in [5.74, 6) is 1.59. The number of aromatic amines is 1. The van der Waals surface area contributed by atoms with E-state index in [1.165, 1.54) is 5.56 Å². The highest BCUT2D eigenvalue weighted by molar-refractivity contribution is 5.91. The summed E-state index contributed by atoms with van der Waals surface area (Å²) in [6.45, 7) is 2.68. The summed E-state index contributed by atoms with van der Waals surface area (Å²) in [4.78, 5) is 3.35. The van der Waals surface area contributed by atoms with Gasteiger partial charge in [0, 0.05) is 17.1 Å². The molecule has 17 heavy (non-hydrogen) atoms. The number of aromatic nitrogens is 1. The van der Waals surface area contributed by atoms with Crippen LogP contribution in [0.1, 0.15) is 11.3 Å². The molecule has 0 amide bonds. The summed E-state index contributed by atoms with van der Waals surface area (Å²) in [6.07, 6.45) is 0.849. The van der Waals surface area contributed by atoms with E-state index in [-0.39, 0.29) is 0 Å². The normalized spacial score (nSPS) is 10.8. The van der Waals surface area contributed by atoms with Gasteiger partial charge in [-0.1, -0.05) is 0 Å². The van der Waals surface area contributed by atoms with E-state index in [0.29, 0.717) is 6.54 Å². The fourth-order valence-electron chi connectivity index (χ4n) is 2.17. The molecule has 2 rings (SSSR count). The Hall–Kier alpha value is -1.68. The Bertz CT molecular complexity index is 532. The fraction of sp³-hybridized carbons (Fsp3) is 0.385. The minimum absolute atomic E-state index is 0.632. The van der Waals surface area contributed by atoms with E-state index in [1.54, 1.807) is 14.2 Å². The molecule has 0 spiro atoms. The Labute approximate surface area is 101 Å². The maximum atomic E-state index is 5.64. The van der Waals surface area contributed by atoms with Crippen molar-refractivity contribution in [3.63, 3.8) is 0 Å². The summed E-state index contributed by atoms with van der Waals surface area (Å²) >= 11 is 0. The van der Waals surface area contributed by atoms with Gasteiger partial charge in [-0.05, 0) is 31.5 Å². The summed E-state index contributed by atoms with van der Waals surface area (Å²) < 4.78 is 10.7. The van der Waals surface area contributed by atoms with Gasteiger partial charge in [-0.2, -0.15) is 0 Å². The van der Waals surface area contributed by atoms with Gasteiger partial charge in [-0.3, -0.25) is 0 Å². The number of fused-ring (bicyclic) bond motifs is 1. The van der Waals surface area contributed by atoms with Crippen LogP contribution in [0.2, 0.25) is 0 Å². The Balaban J connectivity index is 2.71. The summed E-state index contributed by atoms with van der Waals surface area (Å²) in [7, 11) is 3.32. The number of hydrogen-bond donors (Lipinski definition) is 2. The van der Waals surface area contributed by atoms with E-state index in [0.717, 1.165) is 34.5 Å². The minimum atomic E-state index is 0.632. The second kappa shape index (κ2) is 4.67. The van der Waals surface area contributed by atoms with Crippen LogP contribution < -0.4 is 15.2 Å². The molecule has 0 aliphatic carbocycles. The SMILES string of the molecule is COc1cc(OC)c2[nH]c(C)c(CCN)c2c1. The molecule has 3 N–H and O–H groups in total. The van der Waals surface area contributed by atoms with E-state index in [9.17, 15) is 0 Å². The van der Waals surface area contributed by atoms with Crippen LogP contribution in [0.25, 0.3) is 10.9 Å². The largest absolute Gasteiger partial charge is 0.497 e. The molecule has 4 heteroatoms. The van der Waals surface area contributed by atoms with Crippen LogP contribution in [0.5, 0.6) is 11.5 Å². The highest BCUT2D eigenvalue weighted by Crippen LogP contribution is 2.34. The molecule has 1 aromatic heterocycles. The monoisotopic (exact) mass is 234 g/mol. The first-order valence-electron chi connectivity index (χ1n) is 5.64. The standard InChI is InChI=1S/C13H18N2O2/c1-8-10(4-5-14)11-6-9(16-2)7-12(17-3)13(11)15-8/h6-7,15H,4-5,14H2,1-3H3. The molecule has 1 heterocycles. The number of hydrogen-bond acceptors (Lipinski definition) is 3. The smallest absolute Gasteiger partial charge is 0.146 e. The number of nitrogens with two attached hydrogens (primary N) is 1. The zero-order chi connectivity index (χ0) is 12.4. The van der Waals surface area contributed by atoms with Gasteiger partial charge in [0.25, 0.3) is 0 Å². The van der Waals surface area contributed by atoms with Gasteiger partial charge in [-0.15, -0.1) is 0 Å². The molecule has 0 unspecified atom stereocenters. The molecule has 0 bridgehead atoms. The van der Waals surface area contributed by atoms with E-state index in [1.807, 2.05) is 12.1 Å². The van der Waals surface area contributed by atoms with Crippen LogP contribution in [-0.4, -0.2) is 25.7 Å². The zero-order valence-electron chi connectivity index (χ0n) is 10.5. The van der Waals surface area contributed by atoms with Crippen molar-refractivity contribution in [3.05, 3.63) is 23.4 Å². The third-order valence-corrected chi connectivity index (χ3v) is 3.02. The van der Waals surface area contributed by atoms with Crippen molar-refractivity contribution in [1.82, 2.24) is 4.98 Å². The number of rotatable bonds is 4. The number of ether oxygens (including phenoxy) is 2. The quantitative estimate of drug-likeness (QED) is 0.850. The maximum Gasteiger partial charge on any atom is 0.146 e. The predicted molar refractivity (Wildman–Crippen MR) is 68.9 cm³/mol. The Morgan fingerprint density at radius 2 is 2.00 bits per heavy atom. The summed E-state index contributed by atoms with van der Waals surface area (Å²) in [5, 5.41) is 1.13. The van der Waals surface area contributed by atoms with Gasteiger partial charge in [0.1, 0.15) is 11.5 Å². The molecular formula is C13H18N2O2. The van der Waals surface area contributed by atoms with E-state index in [2.05, 4.69) is 11.9 Å². The molecular weight excluding hydrogens is 216 g/mol. The molecule has 0 radical (unpaired) electrons. The van der Waals surface area contributed by atoms with Gasteiger partial charge in [0.05, 0.1) is 19.7 Å². The third-order valence-electron chi connectivity index (χ3n) is 3.02. The fourth-order valence-corrected chi connectivity index (χ4v) is 2.17. The van der Waals surface area contributed by atoms with Crippen LogP contribution in [0.4, 0.5) is 0 Å². The van der Waals surface area contributed by atoms with Crippen molar-refractivity contribution in [1.29, 1.82) is 0 Å². The van der Waals surface area contributed by atoms with Crippen LogP contribution in [0, 0.1) is 6.92 Å². The lowest BCUT2D eigenvalue weighted by molar-refractivity contribution is 0.397. The predicted octanol–water partition coefficient (Wildman–Crippen LogP) is 1.99. The molecule has 0 aliphatic rings. The second-order valence-corrected chi connectivity index (χ2v) is 4.02. The molecule has 0 saturated heterocycles. The van der Waals surface area contributed by atoms with Crippen LogP contribution in [0.15, 0.2) is 12.1 Å². The highest BCUT2D eigenvalue weighted by atomic mass is 16.5. The molecule has 4 nitrogen and oxygen atoms in total. The molecule has 0 atom stereocenters. The number of nitrogens with one attached hydrogen (secondary N) is 1. The van der Waals surface area contributed by atoms with E-state index >= 15 is 0 Å². The molecule has 0 aliphatic heterocycles. The lowest BCUT2D eigenvalue weighted by atomic mass is 10.1. The minimum Gasteiger partial charge on any atom is -0.497 e. The highest BCUT2D eigenvalue weighted by Gasteiger charge is 2.13. The number of benzene rings is 1. The Kier molecular flexibility index (Phi) is 3.24. The van der Waals surface area contributed by atoms with Gasteiger partial charge >= 0.3 is 0 Å². The molecule has 92 valence electrons. The Morgan fingerprint density at radius 3 is 2.59 bits per heavy atom. The van der Waals surface area contributed by atoms with E-state index in [4.69, 9.17) is 15.2 Å². The van der Waals surface area contributed by atoms with Crippen molar-refractivity contribution >= 4 is 10.9 Å². The molecule has 2 aromatic rings. The van der Waals surface area contributed by atoms with Crippen LogP contribution in [-0.2, 0) is 6.42 Å². The van der Waals surface area contributed by atoms with E-state index < -0.39 is 0 Å². The van der Waals surface area contributed by atoms with Crippen molar-refractivity contribution < 1.29 is 9.47 Å². The first kappa shape index (κ1) is 11.8. The van der Waals surface area contributed by atoms with Crippen molar-refractivity contribution in [3.8, 4) is 11.5 Å². The van der Waals surface area contributed by atoms with Gasteiger partial charge in [0.15, 0.2) is 0 Å². The lowest BCUT2D eigenvalue weighted by Crippen LogP contribution is -2.03. The van der Waals surface area contributed by atoms with Crippen molar-refractivity contribution in [2.24, 2.45) is 5.73 Å². The van der Waals surface area contributed by atoms with Crippen LogP contribution >= 0.6 is 0 Å². The average molecular weight is 234 g/mol. The maximum absolute atomic E-state index is 5.64. The summed E-state index contributed by atoms with van der Waals surface area (Å²) in [5.41, 5.74) is 9.02. The van der Waals surface area contributed by atoms with Crippen molar-refractivity contribution in [2.45, 2.75) is 13.3 Å². The lowest BCUT2D eigenvalue weighted by Gasteiger charge is -2.06. The summed E-state index contributed by atoms with van der Waals surface area (Å²) in [6, 6.07) is 3.90. The van der Waals surface area contributed by atoms with Gasteiger partial charge in [0.2, 0.25) is 0 Å².